The molecule has 9 atom stereocenters. The van der Waals surface area contributed by atoms with Gasteiger partial charge in [-0.1, -0.05) is 6.58 Å². The molecule has 0 heterocycles. The quantitative estimate of drug-likeness (QED) is 0.229. The Bertz CT molecular complexity index is 543. The first-order valence-electron chi connectivity index (χ1n) is 8.57. The molecule has 5 aliphatic rings. The van der Waals surface area contributed by atoms with E-state index in [0.717, 1.165) is 47.8 Å². The molecule has 3 heteroatoms. The molecule has 8 unspecified atom stereocenters. The van der Waals surface area contributed by atoms with E-state index in [1.807, 2.05) is 0 Å². The van der Waals surface area contributed by atoms with Crippen molar-refractivity contribution in [3.05, 3.63) is 12.2 Å². The second-order valence-corrected chi connectivity index (χ2v) is 10.2. The van der Waals surface area contributed by atoms with Crippen molar-refractivity contribution >= 4 is 28.6 Å². The molecule has 21 heavy (non-hydrogen) atoms. The fourth-order valence-electron chi connectivity index (χ4n) is 7.16. The van der Waals surface area contributed by atoms with E-state index in [-0.39, 0.29) is 9.58 Å². The van der Waals surface area contributed by atoms with Gasteiger partial charge in [-0.15, -0.1) is 0 Å². The van der Waals surface area contributed by atoms with E-state index in [2.05, 4.69) is 29.2 Å². The van der Waals surface area contributed by atoms with Gasteiger partial charge in [-0.25, -0.2) is 4.79 Å². The van der Waals surface area contributed by atoms with Crippen LogP contribution >= 0.6 is 22.6 Å². The highest BCUT2D eigenvalue weighted by Crippen LogP contribution is 2.76. The molecule has 0 aromatic rings. The van der Waals surface area contributed by atoms with Crippen LogP contribution in [0.3, 0.4) is 0 Å². The van der Waals surface area contributed by atoms with Crippen LogP contribution in [0.2, 0.25) is 0 Å². The molecule has 0 saturated heterocycles. The van der Waals surface area contributed by atoms with Gasteiger partial charge in [-0.05, 0) is 103 Å². The normalized spacial score (nSPS) is 58.6. The Balaban J connectivity index is 1.43. The van der Waals surface area contributed by atoms with E-state index >= 15 is 0 Å². The minimum absolute atomic E-state index is 0.182. The molecule has 0 spiro atoms. The first kappa shape index (κ1) is 13.4. The maximum Gasteiger partial charge on any atom is 0.334 e. The van der Waals surface area contributed by atoms with Crippen LogP contribution in [0.4, 0.5) is 0 Å². The number of fused-ring (bicyclic) bond motifs is 12. The first-order chi connectivity index (χ1) is 9.99. The molecule has 4 bridgehead atoms. The van der Waals surface area contributed by atoms with E-state index in [0.29, 0.717) is 11.5 Å². The Morgan fingerprint density at radius 2 is 1.81 bits per heavy atom. The molecule has 0 N–H and O–H groups in total. The van der Waals surface area contributed by atoms with Crippen molar-refractivity contribution in [1.82, 2.24) is 0 Å². The molecule has 0 aromatic carbocycles. The smallest absolute Gasteiger partial charge is 0.334 e. The number of rotatable bonds is 2. The van der Waals surface area contributed by atoms with Crippen LogP contribution in [0, 0.1) is 47.3 Å². The van der Waals surface area contributed by atoms with Gasteiger partial charge in [0.15, 0.2) is 3.61 Å². The molecule has 2 nitrogen and oxygen atoms in total. The van der Waals surface area contributed by atoms with Gasteiger partial charge in [0.05, 0.1) is 0 Å². The Kier molecular flexibility index (Phi) is 2.59. The zero-order valence-electron chi connectivity index (χ0n) is 12.6. The summed E-state index contributed by atoms with van der Waals surface area (Å²) in [6, 6.07) is 0. The predicted molar refractivity (Wildman–Crippen MR) is 88.7 cm³/mol. The SMILES string of the molecule is C=C(C)C(=O)OC1(I)C[C@H]2CC1C1C3CC(C4CCC43)C12. The number of hydrogen-bond donors (Lipinski definition) is 0. The van der Waals surface area contributed by atoms with Crippen LogP contribution < -0.4 is 0 Å². The Morgan fingerprint density at radius 3 is 2.43 bits per heavy atom. The van der Waals surface area contributed by atoms with Gasteiger partial charge in [-0.3, -0.25) is 0 Å². The fraction of sp³-hybridized carbons (Fsp3) is 0.833. The number of carbonyl (C=O) groups is 1. The van der Waals surface area contributed by atoms with Crippen molar-refractivity contribution in [2.24, 2.45) is 47.3 Å². The Morgan fingerprint density at radius 1 is 1.14 bits per heavy atom. The van der Waals surface area contributed by atoms with Crippen LogP contribution in [0.25, 0.3) is 0 Å². The molecule has 5 fully saturated rings. The third kappa shape index (κ3) is 1.52. The standard InChI is InChI=1S/C18H23IO2/c1-8(2)17(20)21-18(19)7-9-5-14(18)16-13-6-12(15(9)16)10-3-4-11(10)13/h9-16H,1,3-7H2,2H3/t9-,10?,11?,12?,13?,14?,15?,16?,18?/m1/s1. The highest BCUT2D eigenvalue weighted by atomic mass is 127. The summed E-state index contributed by atoms with van der Waals surface area (Å²) in [4.78, 5) is 12.0. The summed E-state index contributed by atoms with van der Waals surface area (Å²) < 4.78 is 5.71. The molecule has 0 aliphatic heterocycles. The third-order valence-corrected chi connectivity index (χ3v) is 9.19. The second kappa shape index (κ2) is 4.07. The predicted octanol–water partition coefficient (Wildman–Crippen LogP) is 4.19. The van der Waals surface area contributed by atoms with Crippen LogP contribution in [0.5, 0.6) is 0 Å². The summed E-state index contributed by atoms with van der Waals surface area (Å²) in [6.07, 6.45) is 6.89. The number of esters is 1. The maximum atomic E-state index is 12.0. The Labute approximate surface area is 140 Å². The van der Waals surface area contributed by atoms with E-state index < -0.39 is 0 Å². The van der Waals surface area contributed by atoms with Crippen LogP contribution in [-0.4, -0.2) is 9.58 Å². The highest BCUT2D eigenvalue weighted by Gasteiger charge is 2.72. The van der Waals surface area contributed by atoms with Crippen molar-refractivity contribution in [3.8, 4) is 0 Å². The average Bonchev–Trinajstić information content (AvgIpc) is 3.02. The zero-order valence-corrected chi connectivity index (χ0v) is 14.7. The lowest BCUT2D eigenvalue weighted by atomic mass is 9.56. The minimum Gasteiger partial charge on any atom is -0.445 e. The van der Waals surface area contributed by atoms with Crippen molar-refractivity contribution in [1.29, 1.82) is 0 Å². The molecule has 5 saturated carbocycles. The molecule has 0 aromatic heterocycles. The van der Waals surface area contributed by atoms with Crippen LogP contribution in [-0.2, 0) is 9.53 Å². The van der Waals surface area contributed by atoms with Gasteiger partial charge in [-0.2, -0.15) is 0 Å². The monoisotopic (exact) mass is 398 g/mol. The molecule has 5 rings (SSSR count). The third-order valence-electron chi connectivity index (χ3n) is 7.73. The summed E-state index contributed by atoms with van der Waals surface area (Å²) in [5.74, 6) is 7.22. The van der Waals surface area contributed by atoms with Crippen molar-refractivity contribution in [2.45, 2.75) is 42.6 Å². The van der Waals surface area contributed by atoms with Crippen molar-refractivity contribution < 1.29 is 9.53 Å². The van der Waals surface area contributed by atoms with Gasteiger partial charge >= 0.3 is 5.97 Å². The van der Waals surface area contributed by atoms with Crippen LogP contribution in [0.15, 0.2) is 12.2 Å². The van der Waals surface area contributed by atoms with Gasteiger partial charge in [0.25, 0.3) is 0 Å². The van der Waals surface area contributed by atoms with Crippen LogP contribution in [0.1, 0.15) is 39.0 Å². The molecule has 5 aliphatic carbocycles. The van der Waals surface area contributed by atoms with Gasteiger partial charge in [0.1, 0.15) is 0 Å². The lowest BCUT2D eigenvalue weighted by Gasteiger charge is -2.51. The number of ether oxygens (including phenoxy) is 1. The average molecular weight is 398 g/mol. The highest BCUT2D eigenvalue weighted by molar-refractivity contribution is 14.1. The Hall–Kier alpha value is -0.0600. The van der Waals surface area contributed by atoms with E-state index in [1.165, 1.54) is 25.7 Å². The lowest BCUT2D eigenvalue weighted by Crippen LogP contribution is -2.49. The fourth-order valence-corrected chi connectivity index (χ4v) is 8.59. The van der Waals surface area contributed by atoms with E-state index in [1.54, 1.807) is 6.92 Å². The van der Waals surface area contributed by atoms with Gasteiger partial charge < -0.3 is 4.74 Å². The van der Waals surface area contributed by atoms with Gasteiger partial charge in [0, 0.05) is 11.5 Å². The molecule has 114 valence electrons. The summed E-state index contributed by atoms with van der Waals surface area (Å²) in [6.45, 7) is 5.51. The largest absolute Gasteiger partial charge is 0.445 e. The first-order valence-corrected chi connectivity index (χ1v) is 9.65. The molecular weight excluding hydrogens is 375 g/mol. The number of hydrogen-bond acceptors (Lipinski definition) is 2. The second-order valence-electron chi connectivity index (χ2n) is 8.39. The van der Waals surface area contributed by atoms with Crippen molar-refractivity contribution in [2.75, 3.05) is 0 Å². The summed E-state index contributed by atoms with van der Waals surface area (Å²) in [7, 11) is 0. The number of halogens is 1. The summed E-state index contributed by atoms with van der Waals surface area (Å²) in [5.41, 5.74) is 0.539. The lowest BCUT2D eigenvalue weighted by molar-refractivity contribution is -0.152. The summed E-state index contributed by atoms with van der Waals surface area (Å²) in [5, 5.41) is 0. The van der Waals surface area contributed by atoms with Crippen molar-refractivity contribution in [3.63, 3.8) is 0 Å². The molecule has 0 amide bonds. The van der Waals surface area contributed by atoms with Gasteiger partial charge in [0.2, 0.25) is 0 Å². The molecule has 0 radical (unpaired) electrons. The maximum absolute atomic E-state index is 12.0. The number of carbonyl (C=O) groups excluding carboxylic acids is 1. The van der Waals surface area contributed by atoms with E-state index in [9.17, 15) is 4.79 Å². The zero-order chi connectivity index (χ0) is 14.5. The molecular formula is C18H23IO2. The summed E-state index contributed by atoms with van der Waals surface area (Å²) >= 11 is 2.47. The topological polar surface area (TPSA) is 26.3 Å². The minimum atomic E-state index is -0.233. The van der Waals surface area contributed by atoms with E-state index in [4.69, 9.17) is 4.74 Å². The number of alkyl halides is 1.